The van der Waals surface area contributed by atoms with Gasteiger partial charge < -0.3 is 19.4 Å². The van der Waals surface area contributed by atoms with Gasteiger partial charge in [-0.3, -0.25) is 9.69 Å². The molecule has 0 saturated carbocycles. The zero-order valence-electron chi connectivity index (χ0n) is 17.4. The van der Waals surface area contributed by atoms with Crippen molar-refractivity contribution in [3.8, 4) is 0 Å². The van der Waals surface area contributed by atoms with Gasteiger partial charge in [-0.2, -0.15) is 0 Å². The fraction of sp³-hybridized carbons (Fsp3) is 0.636. The number of aryl methyl sites for hydroxylation is 1. The van der Waals surface area contributed by atoms with Crippen molar-refractivity contribution in [3.63, 3.8) is 0 Å². The van der Waals surface area contributed by atoms with Crippen LogP contribution in [0.25, 0.3) is 0 Å². The smallest absolute Gasteiger partial charge is 0.320 e. The average molecular weight is 401 g/mol. The lowest BCUT2D eigenvalue weighted by atomic mass is 9.87. The largest absolute Gasteiger partial charge is 0.378 e. The van der Waals surface area contributed by atoms with Gasteiger partial charge in [0.15, 0.2) is 0 Å². The number of carbonyl (C=O) groups excluding carboxylic acids is 2. The lowest BCUT2D eigenvalue weighted by Crippen LogP contribution is -2.55. The van der Waals surface area contributed by atoms with Crippen LogP contribution >= 0.6 is 0 Å². The van der Waals surface area contributed by atoms with Gasteiger partial charge in [0.2, 0.25) is 5.91 Å². The number of hydrogen-bond donors (Lipinski definition) is 0. The fourth-order valence-electron chi connectivity index (χ4n) is 4.66. The molecule has 2 aliphatic heterocycles. The molecule has 7 heteroatoms. The number of likely N-dealkylation sites (N-methyl/N-ethyl adjacent to an activating group) is 1. The van der Waals surface area contributed by atoms with Crippen molar-refractivity contribution in [3.05, 3.63) is 35.4 Å². The number of piperazine rings is 1. The molecule has 2 heterocycles. The predicted octanol–water partition coefficient (Wildman–Crippen LogP) is 1.59. The quantitative estimate of drug-likeness (QED) is 0.773. The highest BCUT2D eigenvalue weighted by atomic mass is 16.5. The van der Waals surface area contributed by atoms with Crippen molar-refractivity contribution in [2.45, 2.75) is 25.3 Å². The SMILES string of the molecule is CN(C(=O)CN1CCN(C(=O)N2CCOCC2)CC1)C1CCCc2ccccc21. The van der Waals surface area contributed by atoms with Crippen LogP contribution in [0.2, 0.25) is 0 Å². The summed E-state index contributed by atoms with van der Waals surface area (Å²) < 4.78 is 5.33. The molecule has 2 fully saturated rings. The molecule has 0 bridgehead atoms. The van der Waals surface area contributed by atoms with E-state index >= 15 is 0 Å². The van der Waals surface area contributed by atoms with Crippen LogP contribution in [0.4, 0.5) is 4.79 Å². The Labute approximate surface area is 173 Å². The number of hydrogen-bond acceptors (Lipinski definition) is 4. The van der Waals surface area contributed by atoms with Gasteiger partial charge in [-0.05, 0) is 30.4 Å². The number of rotatable bonds is 3. The van der Waals surface area contributed by atoms with E-state index in [0.29, 0.717) is 45.9 Å². The van der Waals surface area contributed by atoms with E-state index in [4.69, 9.17) is 4.74 Å². The van der Waals surface area contributed by atoms with Gasteiger partial charge in [0, 0.05) is 46.3 Å². The summed E-state index contributed by atoms with van der Waals surface area (Å²) in [4.78, 5) is 33.5. The van der Waals surface area contributed by atoms with Crippen LogP contribution in [0.5, 0.6) is 0 Å². The molecule has 0 aromatic heterocycles. The minimum absolute atomic E-state index is 0.107. The van der Waals surface area contributed by atoms with Gasteiger partial charge >= 0.3 is 6.03 Å². The van der Waals surface area contributed by atoms with Gasteiger partial charge in [0.05, 0.1) is 25.8 Å². The molecule has 1 aromatic carbocycles. The van der Waals surface area contributed by atoms with Crippen LogP contribution in [0, 0.1) is 0 Å². The molecule has 3 aliphatic rings. The zero-order valence-corrected chi connectivity index (χ0v) is 17.4. The highest BCUT2D eigenvalue weighted by Crippen LogP contribution is 2.33. The van der Waals surface area contributed by atoms with Crippen molar-refractivity contribution in [1.29, 1.82) is 0 Å². The number of urea groups is 1. The van der Waals surface area contributed by atoms with Crippen LogP contribution in [0.15, 0.2) is 24.3 Å². The zero-order chi connectivity index (χ0) is 20.2. The van der Waals surface area contributed by atoms with E-state index in [0.717, 1.165) is 32.4 Å². The summed E-state index contributed by atoms with van der Waals surface area (Å²) in [5.74, 6) is 0.166. The molecular formula is C22H32N4O3. The lowest BCUT2D eigenvalue weighted by molar-refractivity contribution is -0.134. The van der Waals surface area contributed by atoms with Gasteiger partial charge in [0.25, 0.3) is 0 Å². The van der Waals surface area contributed by atoms with Gasteiger partial charge in [0.1, 0.15) is 0 Å². The summed E-state index contributed by atoms with van der Waals surface area (Å²) in [6.07, 6.45) is 3.26. The molecule has 158 valence electrons. The third kappa shape index (κ3) is 4.56. The van der Waals surface area contributed by atoms with E-state index in [9.17, 15) is 9.59 Å². The Bertz CT molecular complexity index is 727. The van der Waals surface area contributed by atoms with Crippen LogP contribution in [-0.4, -0.2) is 97.6 Å². The predicted molar refractivity (Wildman–Crippen MR) is 111 cm³/mol. The third-order valence-electron chi connectivity index (χ3n) is 6.48. The number of nitrogens with zero attached hydrogens (tertiary/aromatic N) is 4. The molecule has 0 radical (unpaired) electrons. The molecule has 1 aromatic rings. The molecule has 7 nitrogen and oxygen atoms in total. The van der Waals surface area contributed by atoms with E-state index in [2.05, 4.69) is 29.2 Å². The summed E-state index contributed by atoms with van der Waals surface area (Å²) in [5.41, 5.74) is 2.68. The average Bonchev–Trinajstić information content (AvgIpc) is 2.79. The summed E-state index contributed by atoms with van der Waals surface area (Å²) in [7, 11) is 1.94. The van der Waals surface area contributed by atoms with Crippen molar-refractivity contribution in [1.82, 2.24) is 19.6 Å². The van der Waals surface area contributed by atoms with Crippen molar-refractivity contribution in [2.75, 3.05) is 66.1 Å². The van der Waals surface area contributed by atoms with Crippen molar-refractivity contribution >= 4 is 11.9 Å². The minimum Gasteiger partial charge on any atom is -0.378 e. The second-order valence-corrected chi connectivity index (χ2v) is 8.26. The normalized spacial score (nSPS) is 22.9. The summed E-state index contributed by atoms with van der Waals surface area (Å²) in [6.45, 7) is 5.87. The first kappa shape index (κ1) is 20.2. The molecule has 1 atom stereocenters. The molecule has 2 saturated heterocycles. The number of carbonyl (C=O) groups is 2. The van der Waals surface area contributed by atoms with Crippen LogP contribution < -0.4 is 0 Å². The number of fused-ring (bicyclic) bond motifs is 1. The molecule has 4 rings (SSSR count). The second kappa shape index (κ2) is 9.13. The van der Waals surface area contributed by atoms with E-state index in [-0.39, 0.29) is 18.0 Å². The highest BCUT2D eigenvalue weighted by Gasteiger charge is 2.30. The first-order chi connectivity index (χ1) is 14.1. The van der Waals surface area contributed by atoms with Gasteiger partial charge in [-0.15, -0.1) is 0 Å². The third-order valence-corrected chi connectivity index (χ3v) is 6.48. The monoisotopic (exact) mass is 400 g/mol. The Morgan fingerprint density at radius 1 is 1.03 bits per heavy atom. The molecular weight excluding hydrogens is 368 g/mol. The van der Waals surface area contributed by atoms with Crippen molar-refractivity contribution in [2.24, 2.45) is 0 Å². The Balaban J connectivity index is 1.28. The molecule has 0 spiro atoms. The van der Waals surface area contributed by atoms with Crippen LogP contribution in [0.1, 0.15) is 30.0 Å². The minimum atomic E-state index is 0.107. The summed E-state index contributed by atoms with van der Waals surface area (Å²) >= 11 is 0. The maximum absolute atomic E-state index is 13.0. The molecule has 1 aliphatic carbocycles. The Morgan fingerprint density at radius 2 is 1.72 bits per heavy atom. The second-order valence-electron chi connectivity index (χ2n) is 8.26. The standard InChI is InChI=1S/C22H32N4O3/c1-23(20-8-4-6-18-5-2-3-7-19(18)20)21(27)17-24-9-11-25(12-10-24)22(28)26-13-15-29-16-14-26/h2-3,5,7,20H,4,6,8-17H2,1H3. The maximum Gasteiger partial charge on any atom is 0.320 e. The number of benzene rings is 1. The Kier molecular flexibility index (Phi) is 6.35. The maximum atomic E-state index is 13.0. The van der Waals surface area contributed by atoms with Crippen LogP contribution in [-0.2, 0) is 16.0 Å². The lowest BCUT2D eigenvalue weighted by Gasteiger charge is -2.39. The van der Waals surface area contributed by atoms with Gasteiger partial charge in [-0.1, -0.05) is 24.3 Å². The van der Waals surface area contributed by atoms with Gasteiger partial charge in [-0.25, -0.2) is 4.79 Å². The number of ether oxygens (including phenoxy) is 1. The number of amides is 3. The van der Waals surface area contributed by atoms with Crippen molar-refractivity contribution < 1.29 is 14.3 Å². The van der Waals surface area contributed by atoms with E-state index in [1.54, 1.807) is 0 Å². The highest BCUT2D eigenvalue weighted by molar-refractivity contribution is 5.79. The topological polar surface area (TPSA) is 56.3 Å². The summed E-state index contributed by atoms with van der Waals surface area (Å²) in [5, 5.41) is 0. The van der Waals surface area contributed by atoms with E-state index < -0.39 is 0 Å². The first-order valence-corrected chi connectivity index (χ1v) is 10.8. The molecule has 1 unspecified atom stereocenters. The fourth-order valence-corrected chi connectivity index (χ4v) is 4.66. The summed E-state index contributed by atoms with van der Waals surface area (Å²) in [6, 6.07) is 8.79. The first-order valence-electron chi connectivity index (χ1n) is 10.8. The van der Waals surface area contributed by atoms with Crippen LogP contribution in [0.3, 0.4) is 0 Å². The number of morpholine rings is 1. The molecule has 0 N–H and O–H groups in total. The van der Waals surface area contributed by atoms with E-state index in [1.165, 1.54) is 11.1 Å². The van der Waals surface area contributed by atoms with E-state index in [1.807, 2.05) is 21.7 Å². The molecule has 29 heavy (non-hydrogen) atoms. The molecule has 3 amide bonds. The Hall–Kier alpha value is -2.12. The Morgan fingerprint density at radius 3 is 2.48 bits per heavy atom.